The number of aromatic nitrogens is 2. The topological polar surface area (TPSA) is 34.9 Å². The van der Waals surface area contributed by atoms with Crippen molar-refractivity contribution in [3.05, 3.63) is 64.4 Å². The zero-order valence-corrected chi connectivity index (χ0v) is 14.7. The molecule has 24 heavy (non-hydrogen) atoms. The first-order valence-corrected chi connectivity index (χ1v) is 9.03. The molecule has 124 valence electrons. The van der Waals surface area contributed by atoms with Gasteiger partial charge < -0.3 is 0 Å². The van der Waals surface area contributed by atoms with Gasteiger partial charge in [-0.05, 0) is 38.1 Å². The van der Waals surface area contributed by atoms with Gasteiger partial charge in [0.25, 0.3) is 0 Å². The Balaban J connectivity index is 1.78. The van der Waals surface area contributed by atoms with Crippen molar-refractivity contribution in [2.75, 3.05) is 5.75 Å². The van der Waals surface area contributed by atoms with E-state index in [-0.39, 0.29) is 11.5 Å². The van der Waals surface area contributed by atoms with Crippen LogP contribution in [-0.2, 0) is 0 Å². The minimum Gasteiger partial charge on any atom is -0.294 e. The van der Waals surface area contributed by atoms with Gasteiger partial charge in [-0.2, -0.15) is 0 Å². The highest BCUT2D eigenvalue weighted by molar-refractivity contribution is 8.00. The number of thiazole rings is 1. The fourth-order valence-corrected chi connectivity index (χ4v) is 4.01. The summed E-state index contributed by atoms with van der Waals surface area (Å²) in [5, 5.41) is 2.70. The van der Waals surface area contributed by atoms with Crippen LogP contribution in [-0.4, -0.2) is 21.1 Å². The fourth-order valence-electron chi connectivity index (χ4n) is 2.46. The number of hydrogen-bond acceptors (Lipinski definition) is 4. The number of ketones is 1. The molecular weight excluding hydrogens is 350 g/mol. The number of Topliss-reactive ketones (excluding diaryl/α,β-unsaturated/α-hetero) is 1. The Labute approximate surface area is 146 Å². The number of rotatable bonds is 5. The zero-order valence-electron chi connectivity index (χ0n) is 13.0. The third-order valence-corrected chi connectivity index (χ3v) is 5.35. The van der Waals surface area contributed by atoms with Gasteiger partial charge in [0.1, 0.15) is 0 Å². The van der Waals surface area contributed by atoms with Crippen molar-refractivity contribution >= 4 is 28.9 Å². The van der Waals surface area contributed by atoms with Crippen LogP contribution in [0.2, 0.25) is 0 Å². The van der Waals surface area contributed by atoms with Gasteiger partial charge in [0.2, 0.25) is 0 Å². The molecule has 0 saturated heterocycles. The summed E-state index contributed by atoms with van der Waals surface area (Å²) in [6.07, 6.45) is 1.72. The van der Waals surface area contributed by atoms with E-state index in [9.17, 15) is 13.6 Å². The molecule has 2 heterocycles. The highest BCUT2D eigenvalue weighted by Gasteiger charge is 2.18. The molecule has 3 rings (SSSR count). The lowest BCUT2D eigenvalue weighted by Crippen LogP contribution is -2.05. The molecular formula is C17H14F2N2OS2. The van der Waals surface area contributed by atoms with Gasteiger partial charge in [-0.1, -0.05) is 0 Å². The van der Waals surface area contributed by atoms with Gasteiger partial charge >= 0.3 is 0 Å². The molecule has 3 aromatic rings. The van der Waals surface area contributed by atoms with Crippen LogP contribution in [0, 0.1) is 25.5 Å². The van der Waals surface area contributed by atoms with E-state index in [0.717, 1.165) is 28.7 Å². The van der Waals surface area contributed by atoms with E-state index in [4.69, 9.17) is 0 Å². The molecule has 1 aromatic carbocycles. The standard InChI is InChI=1S/C17H14F2N2OS2/c1-10-7-13(11(2)21(10)17-20-5-6-23-17)16(22)9-24-12-3-4-14(18)15(19)8-12/h3-8H,9H2,1-2H3. The molecule has 0 aliphatic carbocycles. The predicted molar refractivity (Wildman–Crippen MR) is 92.3 cm³/mol. The lowest BCUT2D eigenvalue weighted by Gasteiger charge is -2.06. The Morgan fingerprint density at radius 3 is 2.71 bits per heavy atom. The molecule has 2 aromatic heterocycles. The Bertz CT molecular complexity index is 888. The van der Waals surface area contributed by atoms with Crippen molar-refractivity contribution in [2.24, 2.45) is 0 Å². The maximum atomic E-state index is 13.2. The number of halogens is 2. The number of nitrogens with zero attached hydrogens (tertiary/aromatic N) is 2. The van der Waals surface area contributed by atoms with Crippen molar-refractivity contribution < 1.29 is 13.6 Å². The number of thioether (sulfide) groups is 1. The largest absolute Gasteiger partial charge is 0.294 e. The fraction of sp³-hybridized carbons (Fsp3) is 0.176. The Kier molecular flexibility index (Phi) is 4.82. The molecule has 0 radical (unpaired) electrons. The normalized spacial score (nSPS) is 11.0. The number of carbonyl (C=O) groups is 1. The molecule has 0 bridgehead atoms. The summed E-state index contributed by atoms with van der Waals surface area (Å²) in [7, 11) is 0. The van der Waals surface area contributed by atoms with Crippen LogP contribution in [0.15, 0.2) is 40.7 Å². The molecule has 0 N–H and O–H groups in total. The van der Waals surface area contributed by atoms with E-state index in [1.54, 1.807) is 6.20 Å². The summed E-state index contributed by atoms with van der Waals surface area (Å²) in [5.74, 6) is -1.69. The molecule has 7 heteroatoms. The van der Waals surface area contributed by atoms with E-state index in [1.807, 2.05) is 29.9 Å². The second-order valence-electron chi connectivity index (χ2n) is 5.22. The lowest BCUT2D eigenvalue weighted by atomic mass is 10.2. The lowest BCUT2D eigenvalue weighted by molar-refractivity contribution is 0.102. The summed E-state index contributed by atoms with van der Waals surface area (Å²) in [6.45, 7) is 3.80. The van der Waals surface area contributed by atoms with Crippen molar-refractivity contribution in [3.8, 4) is 5.13 Å². The van der Waals surface area contributed by atoms with E-state index >= 15 is 0 Å². The predicted octanol–water partition coefficient (Wildman–Crippen LogP) is 4.80. The summed E-state index contributed by atoms with van der Waals surface area (Å²) in [6, 6.07) is 5.47. The zero-order chi connectivity index (χ0) is 17.3. The summed E-state index contributed by atoms with van der Waals surface area (Å²) in [4.78, 5) is 17.3. The van der Waals surface area contributed by atoms with Crippen molar-refractivity contribution in [3.63, 3.8) is 0 Å². The number of hydrogen-bond donors (Lipinski definition) is 0. The highest BCUT2D eigenvalue weighted by atomic mass is 32.2. The third kappa shape index (κ3) is 3.27. The van der Waals surface area contributed by atoms with Crippen LogP contribution in [0.1, 0.15) is 21.7 Å². The van der Waals surface area contributed by atoms with Gasteiger partial charge in [-0.15, -0.1) is 23.1 Å². The molecule has 0 unspecified atom stereocenters. The minimum absolute atomic E-state index is 0.0550. The van der Waals surface area contributed by atoms with Crippen molar-refractivity contribution in [2.45, 2.75) is 18.7 Å². The molecule has 3 nitrogen and oxygen atoms in total. The van der Waals surface area contributed by atoms with Crippen LogP contribution in [0.25, 0.3) is 5.13 Å². The van der Waals surface area contributed by atoms with Crippen LogP contribution < -0.4 is 0 Å². The second-order valence-corrected chi connectivity index (χ2v) is 7.14. The van der Waals surface area contributed by atoms with Crippen LogP contribution in [0.5, 0.6) is 0 Å². The van der Waals surface area contributed by atoms with E-state index < -0.39 is 11.6 Å². The van der Waals surface area contributed by atoms with Gasteiger partial charge in [-0.3, -0.25) is 9.36 Å². The SMILES string of the molecule is Cc1cc(C(=O)CSc2ccc(F)c(F)c2)c(C)n1-c1nccs1. The summed E-state index contributed by atoms with van der Waals surface area (Å²) >= 11 is 2.69. The first kappa shape index (κ1) is 16.9. The molecule has 0 amide bonds. The Hall–Kier alpha value is -1.99. The summed E-state index contributed by atoms with van der Waals surface area (Å²) < 4.78 is 28.1. The first-order valence-electron chi connectivity index (χ1n) is 7.17. The molecule has 0 atom stereocenters. The van der Waals surface area contributed by atoms with Gasteiger partial charge in [0.15, 0.2) is 22.5 Å². The van der Waals surface area contributed by atoms with Crippen molar-refractivity contribution in [1.82, 2.24) is 9.55 Å². The third-order valence-electron chi connectivity index (χ3n) is 3.60. The number of benzene rings is 1. The molecule has 0 saturated carbocycles. The second kappa shape index (κ2) is 6.86. The molecule has 0 fully saturated rings. The van der Waals surface area contributed by atoms with Gasteiger partial charge in [0, 0.05) is 33.4 Å². The molecule has 0 spiro atoms. The number of aryl methyl sites for hydroxylation is 1. The van der Waals surface area contributed by atoms with E-state index in [0.29, 0.717) is 10.5 Å². The maximum absolute atomic E-state index is 13.2. The quantitative estimate of drug-likeness (QED) is 0.482. The maximum Gasteiger partial charge on any atom is 0.193 e. The number of carbonyl (C=O) groups excluding carboxylic acids is 1. The van der Waals surface area contributed by atoms with E-state index in [2.05, 4.69) is 4.98 Å². The van der Waals surface area contributed by atoms with Crippen LogP contribution >= 0.6 is 23.1 Å². The Morgan fingerprint density at radius 2 is 2.04 bits per heavy atom. The average molecular weight is 364 g/mol. The molecule has 0 aliphatic rings. The smallest absolute Gasteiger partial charge is 0.193 e. The highest BCUT2D eigenvalue weighted by Crippen LogP contribution is 2.25. The summed E-state index contributed by atoms with van der Waals surface area (Å²) in [5.41, 5.74) is 2.39. The molecule has 0 aliphatic heterocycles. The van der Waals surface area contributed by atoms with Gasteiger partial charge in [0.05, 0.1) is 5.75 Å². The van der Waals surface area contributed by atoms with Crippen LogP contribution in [0.4, 0.5) is 8.78 Å². The average Bonchev–Trinajstić information content (AvgIpc) is 3.16. The van der Waals surface area contributed by atoms with E-state index in [1.165, 1.54) is 29.2 Å². The monoisotopic (exact) mass is 364 g/mol. The minimum atomic E-state index is -0.908. The Morgan fingerprint density at radius 1 is 1.25 bits per heavy atom. The van der Waals surface area contributed by atoms with Gasteiger partial charge in [-0.25, -0.2) is 13.8 Å². The van der Waals surface area contributed by atoms with Crippen LogP contribution in [0.3, 0.4) is 0 Å². The first-order chi connectivity index (χ1) is 11.5. The van der Waals surface area contributed by atoms with Crippen molar-refractivity contribution in [1.29, 1.82) is 0 Å².